The number of halogens is 2. The molecule has 0 atom stereocenters. The summed E-state index contributed by atoms with van der Waals surface area (Å²) in [4.78, 5) is 0. The minimum atomic E-state index is 0.352. The Bertz CT molecular complexity index is 1040. The molecule has 3 aromatic rings. The number of ether oxygens (including phenoxy) is 4. The third-order valence-corrected chi connectivity index (χ3v) is 6.17. The van der Waals surface area contributed by atoms with Crippen molar-refractivity contribution in [3.63, 3.8) is 0 Å². The summed E-state index contributed by atoms with van der Waals surface area (Å²) in [6.07, 6.45) is 0.845. The van der Waals surface area contributed by atoms with E-state index in [9.17, 15) is 0 Å². The molecule has 0 amide bonds. The monoisotopic (exact) mass is 519 g/mol. The van der Waals surface area contributed by atoms with Gasteiger partial charge in [-0.1, -0.05) is 51.8 Å². The van der Waals surface area contributed by atoms with E-state index in [1.54, 1.807) is 21.3 Å². The van der Waals surface area contributed by atoms with Crippen LogP contribution in [0, 0.1) is 0 Å². The van der Waals surface area contributed by atoms with Crippen molar-refractivity contribution in [2.45, 2.75) is 19.6 Å². The van der Waals surface area contributed by atoms with E-state index in [1.807, 2.05) is 54.6 Å². The van der Waals surface area contributed by atoms with Gasteiger partial charge in [0.05, 0.1) is 21.3 Å². The first-order chi connectivity index (χ1) is 15.6. The summed E-state index contributed by atoms with van der Waals surface area (Å²) in [5.41, 5.74) is 3.07. The summed E-state index contributed by atoms with van der Waals surface area (Å²) in [7, 11) is 4.92. The van der Waals surface area contributed by atoms with Gasteiger partial charge in [0.1, 0.15) is 6.61 Å². The van der Waals surface area contributed by atoms with Gasteiger partial charge in [0, 0.05) is 27.2 Å². The van der Waals surface area contributed by atoms with Gasteiger partial charge < -0.3 is 24.3 Å². The Morgan fingerprint density at radius 2 is 1.59 bits per heavy atom. The fraction of sp³-hybridized carbons (Fsp3) is 0.280. The normalized spacial score (nSPS) is 10.7. The molecule has 0 heterocycles. The molecule has 0 saturated carbocycles. The Hall–Kier alpha value is -2.41. The summed E-state index contributed by atoms with van der Waals surface area (Å²) in [6.45, 7) is 1.75. The van der Waals surface area contributed by atoms with Crippen LogP contribution in [0.3, 0.4) is 0 Å². The highest BCUT2D eigenvalue weighted by atomic mass is 79.9. The molecule has 0 aromatic heterocycles. The predicted molar refractivity (Wildman–Crippen MR) is 131 cm³/mol. The van der Waals surface area contributed by atoms with Crippen LogP contribution in [-0.2, 0) is 19.6 Å². The largest absolute Gasteiger partial charge is 0.493 e. The molecule has 0 saturated heterocycles. The molecule has 0 spiro atoms. The lowest BCUT2D eigenvalue weighted by Gasteiger charge is -2.18. The summed E-state index contributed by atoms with van der Waals surface area (Å²) in [5.74, 6) is 2.83. The van der Waals surface area contributed by atoms with Crippen LogP contribution in [0.4, 0.5) is 0 Å². The van der Waals surface area contributed by atoms with Crippen LogP contribution in [0.15, 0.2) is 59.1 Å². The molecule has 0 fully saturated rings. The highest BCUT2D eigenvalue weighted by molar-refractivity contribution is 9.10. The van der Waals surface area contributed by atoms with Crippen molar-refractivity contribution in [1.29, 1.82) is 0 Å². The third kappa shape index (κ3) is 6.09. The lowest BCUT2D eigenvalue weighted by Crippen LogP contribution is -2.18. The van der Waals surface area contributed by atoms with Gasteiger partial charge in [-0.25, -0.2) is 0 Å². The quantitative estimate of drug-likeness (QED) is 0.312. The van der Waals surface area contributed by atoms with E-state index in [0.717, 1.165) is 45.6 Å². The molecule has 0 unspecified atom stereocenters. The maximum atomic E-state index is 6.29. The van der Waals surface area contributed by atoms with Crippen LogP contribution in [-0.4, -0.2) is 27.9 Å². The van der Waals surface area contributed by atoms with Gasteiger partial charge in [-0.3, -0.25) is 0 Å². The van der Waals surface area contributed by atoms with Gasteiger partial charge >= 0.3 is 0 Å². The van der Waals surface area contributed by atoms with Crippen LogP contribution in [0.2, 0.25) is 5.02 Å². The number of rotatable bonds is 11. The Balaban J connectivity index is 1.67. The fourth-order valence-electron chi connectivity index (χ4n) is 3.31. The first-order valence-electron chi connectivity index (χ1n) is 10.2. The lowest BCUT2D eigenvalue weighted by molar-refractivity contribution is 0.280. The number of hydrogen-bond donors (Lipinski definition) is 1. The zero-order chi connectivity index (χ0) is 22.9. The molecular weight excluding hydrogens is 494 g/mol. The van der Waals surface area contributed by atoms with E-state index in [-0.39, 0.29) is 0 Å². The van der Waals surface area contributed by atoms with E-state index in [4.69, 9.17) is 30.5 Å². The van der Waals surface area contributed by atoms with Crippen LogP contribution in [0.25, 0.3) is 0 Å². The molecule has 0 bridgehead atoms. The minimum Gasteiger partial charge on any atom is -0.493 e. The number of nitrogens with one attached hydrogen (secondary N) is 1. The Labute approximate surface area is 202 Å². The average molecular weight is 521 g/mol. The van der Waals surface area contributed by atoms with Gasteiger partial charge in [0.2, 0.25) is 0 Å². The minimum absolute atomic E-state index is 0.352. The molecule has 0 aliphatic rings. The Morgan fingerprint density at radius 3 is 2.31 bits per heavy atom. The van der Waals surface area contributed by atoms with Crippen molar-refractivity contribution in [3.8, 4) is 23.0 Å². The molecule has 1 N–H and O–H groups in total. The molecule has 32 heavy (non-hydrogen) atoms. The van der Waals surface area contributed by atoms with E-state index < -0.39 is 0 Å². The SMILES string of the molecule is COc1ccc(CCNCc2c(Br)ccc(OC)c2OCc2ccccc2Cl)cc1OC. The number of hydrogen-bond acceptors (Lipinski definition) is 5. The Kier molecular flexibility index (Phi) is 9.09. The zero-order valence-corrected chi connectivity index (χ0v) is 20.8. The predicted octanol–water partition coefficient (Wildman–Crippen LogP) is 6.04. The molecule has 3 rings (SSSR count). The van der Waals surface area contributed by atoms with E-state index in [0.29, 0.717) is 29.7 Å². The molecule has 7 heteroatoms. The van der Waals surface area contributed by atoms with Crippen LogP contribution < -0.4 is 24.3 Å². The summed E-state index contributed by atoms with van der Waals surface area (Å²) in [6, 6.07) is 17.5. The van der Waals surface area contributed by atoms with Crippen LogP contribution in [0.5, 0.6) is 23.0 Å². The molecule has 3 aromatic carbocycles. The molecule has 0 radical (unpaired) electrons. The van der Waals surface area contributed by atoms with E-state index in [1.165, 1.54) is 0 Å². The van der Waals surface area contributed by atoms with Gasteiger partial charge in [-0.2, -0.15) is 0 Å². The van der Waals surface area contributed by atoms with Crippen LogP contribution >= 0.6 is 27.5 Å². The van der Waals surface area contributed by atoms with Gasteiger partial charge in [-0.05, 0) is 48.9 Å². The summed E-state index contributed by atoms with van der Waals surface area (Å²) in [5, 5.41) is 4.17. The summed E-state index contributed by atoms with van der Waals surface area (Å²) >= 11 is 9.94. The standard InChI is InChI=1S/C25H27BrClNO4/c1-29-22-10-8-17(14-24(22)31-3)12-13-28-15-19-20(26)9-11-23(30-2)25(19)32-16-18-6-4-5-7-21(18)27/h4-11,14,28H,12-13,15-16H2,1-3H3. The number of benzene rings is 3. The molecule has 0 aliphatic carbocycles. The Morgan fingerprint density at radius 1 is 0.875 bits per heavy atom. The van der Waals surface area contributed by atoms with Gasteiger partial charge in [-0.15, -0.1) is 0 Å². The van der Waals surface area contributed by atoms with Crippen molar-refractivity contribution >= 4 is 27.5 Å². The van der Waals surface area contributed by atoms with Crippen molar-refractivity contribution in [1.82, 2.24) is 5.32 Å². The molecule has 0 aliphatic heterocycles. The number of methoxy groups -OCH3 is 3. The van der Waals surface area contributed by atoms with Crippen molar-refractivity contribution in [2.75, 3.05) is 27.9 Å². The van der Waals surface area contributed by atoms with Gasteiger partial charge in [0.15, 0.2) is 23.0 Å². The van der Waals surface area contributed by atoms with Crippen molar-refractivity contribution < 1.29 is 18.9 Å². The first kappa shape index (κ1) is 24.2. The first-order valence-corrected chi connectivity index (χ1v) is 11.4. The lowest BCUT2D eigenvalue weighted by atomic mass is 10.1. The van der Waals surface area contributed by atoms with E-state index >= 15 is 0 Å². The second kappa shape index (κ2) is 12.0. The topological polar surface area (TPSA) is 49.0 Å². The van der Waals surface area contributed by atoms with Crippen LogP contribution in [0.1, 0.15) is 16.7 Å². The van der Waals surface area contributed by atoms with Crippen molar-refractivity contribution in [3.05, 3.63) is 80.8 Å². The second-order valence-electron chi connectivity index (χ2n) is 7.05. The zero-order valence-electron chi connectivity index (χ0n) is 18.4. The maximum absolute atomic E-state index is 6.29. The average Bonchev–Trinajstić information content (AvgIpc) is 2.82. The summed E-state index contributed by atoms with van der Waals surface area (Å²) < 4.78 is 23.4. The maximum Gasteiger partial charge on any atom is 0.167 e. The smallest absolute Gasteiger partial charge is 0.167 e. The highest BCUT2D eigenvalue weighted by Gasteiger charge is 2.15. The molecular formula is C25H27BrClNO4. The van der Waals surface area contributed by atoms with Gasteiger partial charge in [0.25, 0.3) is 0 Å². The van der Waals surface area contributed by atoms with Crippen molar-refractivity contribution in [2.24, 2.45) is 0 Å². The molecule has 170 valence electrons. The van der Waals surface area contributed by atoms with E-state index in [2.05, 4.69) is 21.2 Å². The molecule has 5 nitrogen and oxygen atoms in total. The second-order valence-corrected chi connectivity index (χ2v) is 8.32. The highest BCUT2D eigenvalue weighted by Crippen LogP contribution is 2.37. The third-order valence-electron chi connectivity index (χ3n) is 5.06. The fourth-order valence-corrected chi connectivity index (χ4v) is 3.96.